The molecule has 136 valence electrons. The van der Waals surface area contributed by atoms with Crippen molar-refractivity contribution in [2.45, 2.75) is 63.3 Å². The lowest BCUT2D eigenvalue weighted by Gasteiger charge is -2.10. The number of carbonyl (C=O) groups is 1. The molecule has 0 saturated heterocycles. The number of unbranched alkanes of at least 4 members (excludes halogenated alkanes) is 1. The van der Waals surface area contributed by atoms with Gasteiger partial charge in [-0.3, -0.25) is 14.9 Å². The molecule has 2 aromatic rings. The molecule has 9 heteroatoms. The van der Waals surface area contributed by atoms with E-state index in [2.05, 4.69) is 32.4 Å². The summed E-state index contributed by atoms with van der Waals surface area (Å²) in [6.45, 7) is 7.91. The van der Waals surface area contributed by atoms with Crippen LogP contribution in [0.3, 0.4) is 0 Å². The Morgan fingerprint density at radius 1 is 1.36 bits per heavy atom. The summed E-state index contributed by atoms with van der Waals surface area (Å²) >= 11 is 2.59. The van der Waals surface area contributed by atoms with Crippen LogP contribution in [0.1, 0.15) is 57.2 Å². The maximum absolute atomic E-state index is 12.3. The van der Waals surface area contributed by atoms with Gasteiger partial charge in [0, 0.05) is 17.7 Å². The third kappa shape index (κ3) is 5.93. The Hall–Kier alpha value is -1.74. The lowest BCUT2D eigenvalue weighted by atomic mass is 10.2. The Labute approximate surface area is 155 Å². The molecule has 2 N–H and O–H groups in total. The molecule has 7 nitrogen and oxygen atoms in total. The highest BCUT2D eigenvalue weighted by Crippen LogP contribution is 2.24. The number of anilines is 1. The van der Waals surface area contributed by atoms with Gasteiger partial charge in [-0.05, 0) is 19.8 Å². The molecule has 0 aliphatic heterocycles. The van der Waals surface area contributed by atoms with Gasteiger partial charge in [0.25, 0.3) is 5.56 Å². The number of aromatic amines is 1. The second kappa shape index (κ2) is 9.10. The summed E-state index contributed by atoms with van der Waals surface area (Å²) in [7, 11) is 0. The molecule has 0 fully saturated rings. The molecule has 2 heterocycles. The van der Waals surface area contributed by atoms with E-state index in [-0.39, 0.29) is 17.4 Å². The van der Waals surface area contributed by atoms with E-state index in [4.69, 9.17) is 0 Å². The largest absolute Gasteiger partial charge is 0.301 e. The number of hydrogen-bond donors (Lipinski definition) is 2. The van der Waals surface area contributed by atoms with Crippen LogP contribution >= 0.6 is 23.1 Å². The maximum atomic E-state index is 12.3. The topological polar surface area (TPSA) is 101 Å². The summed E-state index contributed by atoms with van der Waals surface area (Å²) < 4.78 is 0. The number of H-pyrrole nitrogens is 1. The van der Waals surface area contributed by atoms with Crippen LogP contribution in [-0.4, -0.2) is 31.3 Å². The lowest BCUT2D eigenvalue weighted by molar-refractivity contribution is -0.115. The summed E-state index contributed by atoms with van der Waals surface area (Å²) in [6.07, 6.45) is 2.78. The van der Waals surface area contributed by atoms with Gasteiger partial charge in [0.15, 0.2) is 5.16 Å². The second-order valence-electron chi connectivity index (χ2n) is 5.99. The molecular weight excluding hydrogens is 358 g/mol. The maximum Gasteiger partial charge on any atom is 0.251 e. The molecule has 0 saturated carbocycles. The molecule has 1 atom stereocenters. The summed E-state index contributed by atoms with van der Waals surface area (Å²) in [6, 6.07) is 1.51. The number of nitrogens with one attached hydrogen (secondary N) is 2. The molecule has 1 amide bonds. The van der Waals surface area contributed by atoms with Crippen molar-refractivity contribution in [1.82, 2.24) is 20.2 Å². The lowest BCUT2D eigenvalue weighted by Crippen LogP contribution is -2.23. The van der Waals surface area contributed by atoms with Crippen LogP contribution in [0.15, 0.2) is 16.0 Å². The number of carbonyl (C=O) groups excluding carboxylic acids is 1. The normalized spacial score (nSPS) is 12.4. The van der Waals surface area contributed by atoms with Gasteiger partial charge in [0.1, 0.15) is 5.01 Å². The number of nitrogens with zero attached hydrogens (tertiary/aromatic N) is 3. The summed E-state index contributed by atoms with van der Waals surface area (Å²) in [5, 5.41) is 12.2. The molecule has 25 heavy (non-hydrogen) atoms. The molecule has 0 aliphatic rings. The predicted octanol–water partition coefficient (Wildman–Crippen LogP) is 3.21. The van der Waals surface area contributed by atoms with Gasteiger partial charge < -0.3 is 4.98 Å². The van der Waals surface area contributed by atoms with Crippen molar-refractivity contribution in [2.75, 3.05) is 5.32 Å². The van der Waals surface area contributed by atoms with Crippen LogP contribution in [0.4, 0.5) is 5.13 Å². The fraction of sp³-hybridized carbons (Fsp3) is 0.562. The van der Waals surface area contributed by atoms with Crippen molar-refractivity contribution in [3.05, 3.63) is 27.1 Å². The van der Waals surface area contributed by atoms with Gasteiger partial charge in [-0.1, -0.05) is 50.3 Å². The first kappa shape index (κ1) is 19.6. The molecule has 0 radical (unpaired) electrons. The van der Waals surface area contributed by atoms with Gasteiger partial charge in [-0.25, -0.2) is 4.98 Å². The van der Waals surface area contributed by atoms with Crippen molar-refractivity contribution in [1.29, 1.82) is 0 Å². The standard InChI is InChI=1S/C16H23N5O2S2/c1-5-6-7-11-8-12(22)18-15(17-11)24-10(4)13(23)19-16-21-20-14(25-16)9(2)3/h8-10H,5-7H2,1-4H3,(H,17,18,22)(H,19,21,23). The van der Waals surface area contributed by atoms with Crippen LogP contribution in [-0.2, 0) is 11.2 Å². The predicted molar refractivity (Wildman–Crippen MR) is 101 cm³/mol. The Bertz CT molecular complexity index is 772. The van der Waals surface area contributed by atoms with E-state index in [0.717, 1.165) is 30.0 Å². The van der Waals surface area contributed by atoms with Crippen molar-refractivity contribution < 1.29 is 4.79 Å². The Morgan fingerprint density at radius 3 is 2.76 bits per heavy atom. The average molecular weight is 382 g/mol. The summed E-state index contributed by atoms with van der Waals surface area (Å²) in [4.78, 5) is 31.2. The number of aromatic nitrogens is 4. The van der Waals surface area contributed by atoms with Gasteiger partial charge in [0.2, 0.25) is 11.0 Å². The van der Waals surface area contributed by atoms with Crippen LogP contribution in [0.5, 0.6) is 0 Å². The molecule has 1 unspecified atom stereocenters. The van der Waals surface area contributed by atoms with E-state index in [9.17, 15) is 9.59 Å². The molecule has 0 aromatic carbocycles. The zero-order valence-corrected chi connectivity index (χ0v) is 16.5. The van der Waals surface area contributed by atoms with E-state index < -0.39 is 5.25 Å². The fourth-order valence-corrected chi connectivity index (χ4v) is 3.55. The summed E-state index contributed by atoms with van der Waals surface area (Å²) in [5.74, 6) is 0.0770. The van der Waals surface area contributed by atoms with Crippen molar-refractivity contribution in [2.24, 2.45) is 0 Å². The van der Waals surface area contributed by atoms with E-state index in [1.807, 2.05) is 13.8 Å². The van der Waals surface area contributed by atoms with E-state index in [1.165, 1.54) is 29.2 Å². The first-order valence-corrected chi connectivity index (χ1v) is 9.99. The quantitative estimate of drug-likeness (QED) is 0.538. The first-order valence-electron chi connectivity index (χ1n) is 8.30. The Morgan fingerprint density at radius 2 is 2.12 bits per heavy atom. The number of hydrogen-bond acceptors (Lipinski definition) is 7. The molecule has 0 bridgehead atoms. The zero-order valence-electron chi connectivity index (χ0n) is 14.8. The highest BCUT2D eigenvalue weighted by atomic mass is 32.2. The van der Waals surface area contributed by atoms with Gasteiger partial charge in [0.05, 0.1) is 5.25 Å². The molecule has 0 spiro atoms. The number of rotatable bonds is 8. The van der Waals surface area contributed by atoms with E-state index >= 15 is 0 Å². The first-order chi connectivity index (χ1) is 11.9. The van der Waals surface area contributed by atoms with Crippen LogP contribution in [0.2, 0.25) is 0 Å². The van der Waals surface area contributed by atoms with Crippen molar-refractivity contribution >= 4 is 34.1 Å². The van der Waals surface area contributed by atoms with Crippen molar-refractivity contribution in [3.63, 3.8) is 0 Å². The van der Waals surface area contributed by atoms with E-state index in [0.29, 0.717) is 10.3 Å². The highest BCUT2D eigenvalue weighted by molar-refractivity contribution is 8.00. The number of amides is 1. The van der Waals surface area contributed by atoms with Crippen LogP contribution in [0, 0.1) is 0 Å². The number of thioether (sulfide) groups is 1. The minimum absolute atomic E-state index is 0.193. The molecule has 2 aromatic heterocycles. The molecular formula is C16H23N5O2S2. The summed E-state index contributed by atoms with van der Waals surface area (Å²) in [5.41, 5.74) is 0.563. The van der Waals surface area contributed by atoms with E-state index in [1.54, 1.807) is 6.92 Å². The average Bonchev–Trinajstić information content (AvgIpc) is 3.01. The van der Waals surface area contributed by atoms with Crippen LogP contribution in [0.25, 0.3) is 0 Å². The zero-order chi connectivity index (χ0) is 18.4. The molecule has 0 aliphatic carbocycles. The third-order valence-corrected chi connectivity index (χ3v) is 5.51. The van der Waals surface area contributed by atoms with Gasteiger partial charge >= 0.3 is 0 Å². The van der Waals surface area contributed by atoms with Gasteiger partial charge in [-0.15, -0.1) is 10.2 Å². The SMILES string of the molecule is CCCCc1cc(=O)[nH]c(SC(C)C(=O)Nc2nnc(C(C)C)s2)n1. The fourth-order valence-electron chi connectivity index (χ4n) is 1.97. The van der Waals surface area contributed by atoms with Gasteiger partial charge in [-0.2, -0.15) is 0 Å². The number of aryl methyl sites for hydroxylation is 1. The third-order valence-electron chi connectivity index (χ3n) is 3.38. The molecule has 2 rings (SSSR count). The minimum atomic E-state index is -0.420. The second-order valence-corrected chi connectivity index (χ2v) is 8.33. The minimum Gasteiger partial charge on any atom is -0.301 e. The Balaban J connectivity index is 2.00. The Kier molecular flexibility index (Phi) is 7.12. The van der Waals surface area contributed by atoms with Crippen LogP contribution < -0.4 is 10.9 Å². The highest BCUT2D eigenvalue weighted by Gasteiger charge is 2.18. The van der Waals surface area contributed by atoms with Crippen molar-refractivity contribution in [3.8, 4) is 0 Å². The monoisotopic (exact) mass is 381 g/mol. The smallest absolute Gasteiger partial charge is 0.251 e.